The highest BCUT2D eigenvalue weighted by Gasteiger charge is 2.26. The summed E-state index contributed by atoms with van der Waals surface area (Å²) in [6, 6.07) is 13.8. The van der Waals surface area contributed by atoms with Crippen molar-refractivity contribution < 1.29 is 4.79 Å². The van der Waals surface area contributed by atoms with Crippen LogP contribution in [-0.4, -0.2) is 16.9 Å². The van der Waals surface area contributed by atoms with E-state index in [2.05, 4.69) is 66.7 Å². The summed E-state index contributed by atoms with van der Waals surface area (Å²) >= 11 is 0. The van der Waals surface area contributed by atoms with E-state index in [1.165, 1.54) is 46.1 Å². The van der Waals surface area contributed by atoms with Gasteiger partial charge in [-0.05, 0) is 78.6 Å². The quantitative estimate of drug-likeness (QED) is 0.584. The smallest absolute Gasteiger partial charge is 0.251 e. The Balaban J connectivity index is 1.52. The van der Waals surface area contributed by atoms with Crippen LogP contribution in [0.4, 0.5) is 0 Å². The third-order valence-electron chi connectivity index (χ3n) is 6.79. The molecule has 1 unspecified atom stereocenters. The van der Waals surface area contributed by atoms with E-state index in [4.69, 9.17) is 0 Å². The highest BCUT2D eigenvalue weighted by Crippen LogP contribution is 2.37. The number of carbonyl (C=O) groups excluding carboxylic acids is 1. The molecule has 4 heteroatoms. The minimum Gasteiger partial charge on any atom is -0.357 e. The van der Waals surface area contributed by atoms with Crippen molar-refractivity contribution in [2.24, 2.45) is 5.92 Å². The number of hydrogen-bond acceptors (Lipinski definition) is 2. The molecule has 1 aromatic heterocycles. The molecule has 2 aliphatic rings. The zero-order chi connectivity index (χ0) is 20.1. The molecule has 0 saturated carbocycles. The van der Waals surface area contributed by atoms with Gasteiger partial charge in [0.2, 0.25) is 0 Å². The Bertz CT molecular complexity index is 1090. The number of aryl methyl sites for hydroxylation is 1. The second-order valence-corrected chi connectivity index (χ2v) is 8.98. The molecule has 2 atom stereocenters. The molecule has 0 radical (unpaired) electrons. The number of aromatic amines is 1. The van der Waals surface area contributed by atoms with E-state index < -0.39 is 0 Å². The van der Waals surface area contributed by atoms with Crippen molar-refractivity contribution in [1.82, 2.24) is 15.6 Å². The Labute approximate surface area is 172 Å². The molecule has 2 aromatic carbocycles. The van der Waals surface area contributed by atoms with Crippen molar-refractivity contribution in [1.29, 1.82) is 0 Å². The molecule has 0 bridgehead atoms. The lowest BCUT2D eigenvalue weighted by Gasteiger charge is -2.29. The molecule has 150 valence electrons. The Kier molecular flexibility index (Phi) is 4.47. The summed E-state index contributed by atoms with van der Waals surface area (Å²) in [7, 11) is 0. The van der Waals surface area contributed by atoms with E-state index in [1.807, 2.05) is 6.07 Å². The van der Waals surface area contributed by atoms with Gasteiger partial charge in [0, 0.05) is 40.8 Å². The molecule has 2 heterocycles. The number of hydrogen-bond donors (Lipinski definition) is 3. The second-order valence-electron chi connectivity index (χ2n) is 8.98. The fraction of sp³-hybridized carbons (Fsp3) is 0.400. The van der Waals surface area contributed by atoms with Crippen LogP contribution >= 0.6 is 0 Å². The maximum Gasteiger partial charge on any atom is 0.251 e. The summed E-state index contributed by atoms with van der Waals surface area (Å²) in [4.78, 5) is 15.6. The molecule has 1 aliphatic carbocycles. The lowest BCUT2D eigenvalue weighted by molar-refractivity contribution is 0.0966. The Morgan fingerprint density at radius 1 is 1.07 bits per heavy atom. The van der Waals surface area contributed by atoms with Gasteiger partial charge in [0.05, 0.1) is 0 Å². The average Bonchev–Trinajstić information content (AvgIpc) is 3.28. The van der Waals surface area contributed by atoms with E-state index in [1.54, 1.807) is 0 Å². The van der Waals surface area contributed by atoms with Gasteiger partial charge in [0.25, 0.3) is 5.91 Å². The van der Waals surface area contributed by atoms with E-state index in [9.17, 15) is 4.79 Å². The van der Waals surface area contributed by atoms with Crippen LogP contribution in [0.15, 0.2) is 36.4 Å². The third kappa shape index (κ3) is 3.16. The molecule has 5 rings (SSSR count). The number of rotatable bonds is 4. The van der Waals surface area contributed by atoms with Gasteiger partial charge in [-0.15, -0.1) is 0 Å². The predicted molar refractivity (Wildman–Crippen MR) is 118 cm³/mol. The molecule has 0 saturated heterocycles. The molecular formula is C25H29N3O. The van der Waals surface area contributed by atoms with Crippen molar-refractivity contribution in [2.75, 3.05) is 0 Å². The lowest BCUT2D eigenvalue weighted by Crippen LogP contribution is -2.36. The molecule has 0 spiro atoms. The molecule has 3 aromatic rings. The van der Waals surface area contributed by atoms with E-state index in [-0.39, 0.29) is 5.91 Å². The van der Waals surface area contributed by atoms with Crippen molar-refractivity contribution in [2.45, 2.75) is 58.7 Å². The van der Waals surface area contributed by atoms with Gasteiger partial charge >= 0.3 is 0 Å². The zero-order valence-corrected chi connectivity index (χ0v) is 17.4. The third-order valence-corrected chi connectivity index (χ3v) is 6.79. The van der Waals surface area contributed by atoms with E-state index in [0.717, 1.165) is 17.5 Å². The first-order valence-corrected chi connectivity index (χ1v) is 10.8. The molecule has 4 nitrogen and oxygen atoms in total. The van der Waals surface area contributed by atoms with Crippen LogP contribution in [0.5, 0.6) is 0 Å². The summed E-state index contributed by atoms with van der Waals surface area (Å²) < 4.78 is 0. The summed E-state index contributed by atoms with van der Waals surface area (Å²) in [6.45, 7) is 7.47. The van der Waals surface area contributed by atoms with Gasteiger partial charge in [-0.2, -0.15) is 0 Å². The second kappa shape index (κ2) is 7.03. The molecule has 1 amide bonds. The number of benzene rings is 2. The summed E-state index contributed by atoms with van der Waals surface area (Å²) in [5, 5.41) is 8.09. The largest absolute Gasteiger partial charge is 0.357 e. The topological polar surface area (TPSA) is 56.9 Å². The fourth-order valence-electron chi connectivity index (χ4n) is 4.73. The summed E-state index contributed by atoms with van der Waals surface area (Å²) in [6.07, 6.45) is 3.55. The summed E-state index contributed by atoms with van der Waals surface area (Å²) in [5.41, 5.74) is 8.36. The van der Waals surface area contributed by atoms with E-state index in [0.29, 0.717) is 24.5 Å². The fourth-order valence-corrected chi connectivity index (χ4v) is 4.73. The number of aromatic nitrogens is 1. The SMILES string of the molecule is CC(C)[C@@H](C)NC1CCCc2c1[nH]c1ccc(-c3ccc4c(c3)CNC4=O)cc21. The molecule has 0 fully saturated rings. The van der Waals surface area contributed by atoms with Crippen LogP contribution < -0.4 is 10.6 Å². The zero-order valence-electron chi connectivity index (χ0n) is 17.4. The molecule has 3 N–H and O–H groups in total. The highest BCUT2D eigenvalue weighted by atomic mass is 16.1. The predicted octanol–water partition coefficient (Wildman–Crippen LogP) is 5.09. The first-order valence-electron chi connectivity index (χ1n) is 10.8. The van der Waals surface area contributed by atoms with Gasteiger partial charge < -0.3 is 15.6 Å². The molecule has 1 aliphatic heterocycles. The number of nitrogens with one attached hydrogen (secondary N) is 3. The van der Waals surface area contributed by atoms with Crippen molar-refractivity contribution in [3.8, 4) is 11.1 Å². The van der Waals surface area contributed by atoms with Gasteiger partial charge in [-0.25, -0.2) is 0 Å². The van der Waals surface area contributed by atoms with Crippen LogP contribution in [0.1, 0.15) is 66.8 Å². The highest BCUT2D eigenvalue weighted by molar-refractivity contribution is 5.99. The Morgan fingerprint density at radius 2 is 1.86 bits per heavy atom. The Morgan fingerprint density at radius 3 is 2.69 bits per heavy atom. The number of fused-ring (bicyclic) bond motifs is 4. The number of amides is 1. The molecule has 29 heavy (non-hydrogen) atoms. The van der Waals surface area contributed by atoms with Crippen molar-refractivity contribution >= 4 is 16.8 Å². The van der Waals surface area contributed by atoms with Gasteiger partial charge in [-0.3, -0.25) is 4.79 Å². The first-order chi connectivity index (χ1) is 14.0. The number of carbonyl (C=O) groups is 1. The normalized spacial score (nSPS) is 19.3. The van der Waals surface area contributed by atoms with Crippen LogP contribution in [0, 0.1) is 5.92 Å². The minimum absolute atomic E-state index is 0.0378. The van der Waals surface area contributed by atoms with Gasteiger partial charge in [0.15, 0.2) is 0 Å². The average molecular weight is 388 g/mol. The van der Waals surface area contributed by atoms with Crippen molar-refractivity contribution in [3.05, 3.63) is 58.8 Å². The standard InChI is InChI=1S/C25H29N3O/c1-14(2)15(3)27-23-6-4-5-20-21-12-17(8-10-22(21)28-24(20)23)16-7-9-19-18(11-16)13-26-25(19)29/h7-12,14-15,23,27-28H,4-6,13H2,1-3H3,(H,26,29)/t15-,23?/m1/s1. The first kappa shape index (κ1) is 18.4. The lowest BCUT2D eigenvalue weighted by atomic mass is 9.90. The molecular weight excluding hydrogens is 358 g/mol. The van der Waals surface area contributed by atoms with Crippen LogP contribution in [0.2, 0.25) is 0 Å². The van der Waals surface area contributed by atoms with Crippen LogP contribution in [0.25, 0.3) is 22.0 Å². The Hall–Kier alpha value is -2.59. The maximum absolute atomic E-state index is 11.8. The van der Waals surface area contributed by atoms with Gasteiger partial charge in [-0.1, -0.05) is 26.0 Å². The van der Waals surface area contributed by atoms with Crippen molar-refractivity contribution in [3.63, 3.8) is 0 Å². The monoisotopic (exact) mass is 387 g/mol. The minimum atomic E-state index is 0.0378. The number of H-pyrrole nitrogens is 1. The van der Waals surface area contributed by atoms with E-state index >= 15 is 0 Å². The van der Waals surface area contributed by atoms with Crippen LogP contribution in [0.3, 0.4) is 0 Å². The summed E-state index contributed by atoms with van der Waals surface area (Å²) in [5.74, 6) is 0.661. The van der Waals surface area contributed by atoms with Crippen LogP contribution in [-0.2, 0) is 13.0 Å². The maximum atomic E-state index is 11.8. The van der Waals surface area contributed by atoms with Gasteiger partial charge in [0.1, 0.15) is 0 Å².